The number of nitrogens with zero attached hydrogens (tertiary/aromatic N) is 3. The summed E-state index contributed by atoms with van der Waals surface area (Å²) < 4.78 is 13.5. The van der Waals surface area contributed by atoms with Crippen LogP contribution in [0.2, 0.25) is 5.02 Å². The monoisotopic (exact) mass is 489 g/mol. The second-order valence-corrected chi connectivity index (χ2v) is 8.87. The van der Waals surface area contributed by atoms with Gasteiger partial charge >= 0.3 is 0 Å². The van der Waals surface area contributed by atoms with Crippen LogP contribution in [0.15, 0.2) is 72.8 Å². The van der Waals surface area contributed by atoms with Gasteiger partial charge in [-0.1, -0.05) is 36.7 Å². The minimum Gasteiger partial charge on any atom is -0.305 e. The number of carbonyl (C=O) groups is 2. The number of fused-ring (bicyclic) bond motifs is 1. The molecule has 0 N–H and O–H groups in total. The molecule has 0 aliphatic carbocycles. The van der Waals surface area contributed by atoms with Crippen molar-refractivity contribution in [3.8, 4) is 6.07 Å². The maximum Gasteiger partial charge on any atom is 0.258 e. The fraction of sp³-hybridized carbons (Fsp3) is 0.250. The van der Waals surface area contributed by atoms with Crippen LogP contribution in [0.4, 0.5) is 15.8 Å². The molecule has 3 aromatic carbocycles. The van der Waals surface area contributed by atoms with Gasteiger partial charge < -0.3 is 9.80 Å². The van der Waals surface area contributed by atoms with E-state index in [0.29, 0.717) is 35.5 Å². The number of amides is 2. The number of carbonyl (C=O) groups excluding carboxylic acids is 2. The minimum atomic E-state index is -0.418. The SMILES string of the molecule is CCC(=O)N(c1ccc(Cl)cc1)[C@H]1C[C@@H](CCC#N)N(C(=O)c2ccc(F)cc2)c2ccccc21. The lowest BCUT2D eigenvalue weighted by molar-refractivity contribution is -0.118. The highest BCUT2D eigenvalue weighted by Crippen LogP contribution is 2.44. The van der Waals surface area contributed by atoms with E-state index in [1.54, 1.807) is 21.9 Å². The summed E-state index contributed by atoms with van der Waals surface area (Å²) >= 11 is 6.10. The zero-order chi connectivity index (χ0) is 24.9. The average molecular weight is 490 g/mol. The van der Waals surface area contributed by atoms with Crippen LogP contribution in [0.1, 0.15) is 54.6 Å². The van der Waals surface area contributed by atoms with E-state index in [1.165, 1.54) is 24.3 Å². The number of anilines is 2. The lowest BCUT2D eigenvalue weighted by atomic mass is 9.86. The Hall–Kier alpha value is -3.69. The van der Waals surface area contributed by atoms with Crippen molar-refractivity contribution in [2.45, 2.75) is 44.7 Å². The molecule has 0 spiro atoms. The number of rotatable bonds is 6. The first-order valence-corrected chi connectivity index (χ1v) is 11.9. The summed E-state index contributed by atoms with van der Waals surface area (Å²) in [7, 11) is 0. The van der Waals surface area contributed by atoms with Gasteiger partial charge in [0, 0.05) is 40.8 Å². The van der Waals surface area contributed by atoms with Crippen LogP contribution in [0.3, 0.4) is 0 Å². The standard InChI is InChI=1S/C28H25ClFN3O2/c1-2-27(34)32(22-15-11-20(29)12-16-22)26-18-23(6-5-17-31)33(25-8-4-3-7-24(25)26)28(35)19-9-13-21(30)14-10-19/h3-4,7-16,23,26H,2,5-6,18H2,1H3/t23-,26+/m1/s1. The molecule has 0 bridgehead atoms. The van der Waals surface area contributed by atoms with Crippen LogP contribution in [0.25, 0.3) is 0 Å². The minimum absolute atomic E-state index is 0.0514. The number of benzene rings is 3. The number of hydrogen-bond donors (Lipinski definition) is 0. The first kappa shape index (κ1) is 24.4. The Morgan fingerprint density at radius 1 is 1.09 bits per heavy atom. The van der Waals surface area contributed by atoms with E-state index in [9.17, 15) is 19.2 Å². The second kappa shape index (κ2) is 10.7. The van der Waals surface area contributed by atoms with Crippen molar-refractivity contribution in [1.29, 1.82) is 5.26 Å². The molecule has 2 atom stereocenters. The van der Waals surface area contributed by atoms with E-state index in [4.69, 9.17) is 11.6 Å². The summed E-state index contributed by atoms with van der Waals surface area (Å²) in [5.41, 5.74) is 2.61. The molecule has 3 aromatic rings. The Kier molecular flexibility index (Phi) is 7.48. The molecule has 1 heterocycles. The first-order chi connectivity index (χ1) is 16.9. The zero-order valence-corrected chi connectivity index (χ0v) is 20.1. The highest BCUT2D eigenvalue weighted by molar-refractivity contribution is 6.30. The van der Waals surface area contributed by atoms with Gasteiger partial charge in [-0.15, -0.1) is 0 Å². The zero-order valence-electron chi connectivity index (χ0n) is 19.3. The number of para-hydroxylation sites is 1. The van der Waals surface area contributed by atoms with Gasteiger partial charge in [-0.3, -0.25) is 9.59 Å². The van der Waals surface area contributed by atoms with Gasteiger partial charge in [-0.25, -0.2) is 4.39 Å². The lowest BCUT2D eigenvalue weighted by Gasteiger charge is -2.44. The molecule has 35 heavy (non-hydrogen) atoms. The Labute approximate surface area is 209 Å². The molecule has 1 aliphatic heterocycles. The van der Waals surface area contributed by atoms with Crippen molar-refractivity contribution < 1.29 is 14.0 Å². The number of halogens is 2. The quantitative estimate of drug-likeness (QED) is 0.387. The third kappa shape index (κ3) is 5.06. The van der Waals surface area contributed by atoms with Crippen molar-refractivity contribution >= 4 is 34.8 Å². The summed E-state index contributed by atoms with van der Waals surface area (Å²) in [5, 5.41) is 9.87. The molecule has 0 saturated heterocycles. The molecular formula is C28H25ClFN3O2. The molecule has 0 unspecified atom stereocenters. The summed E-state index contributed by atoms with van der Waals surface area (Å²) in [6.07, 6.45) is 1.47. The van der Waals surface area contributed by atoms with Gasteiger partial charge in [0.05, 0.1) is 12.1 Å². The Morgan fingerprint density at radius 3 is 2.43 bits per heavy atom. The van der Waals surface area contributed by atoms with Crippen LogP contribution in [-0.2, 0) is 4.79 Å². The van der Waals surface area contributed by atoms with Gasteiger partial charge in [-0.2, -0.15) is 5.26 Å². The topological polar surface area (TPSA) is 64.4 Å². The van der Waals surface area contributed by atoms with Crippen LogP contribution >= 0.6 is 11.6 Å². The first-order valence-electron chi connectivity index (χ1n) is 11.6. The molecule has 0 aromatic heterocycles. The van der Waals surface area contributed by atoms with E-state index in [0.717, 1.165) is 11.3 Å². The summed E-state index contributed by atoms with van der Waals surface area (Å²) in [6, 6.07) is 21.6. The lowest BCUT2D eigenvalue weighted by Crippen LogP contribution is -2.49. The van der Waals surface area contributed by atoms with E-state index < -0.39 is 5.82 Å². The smallest absolute Gasteiger partial charge is 0.258 e. The van der Waals surface area contributed by atoms with Gasteiger partial charge in [0.15, 0.2) is 0 Å². The molecule has 0 radical (unpaired) electrons. The molecule has 5 nitrogen and oxygen atoms in total. The van der Waals surface area contributed by atoms with Gasteiger partial charge in [0.1, 0.15) is 5.82 Å². The van der Waals surface area contributed by atoms with Crippen LogP contribution in [0, 0.1) is 17.1 Å². The van der Waals surface area contributed by atoms with Crippen LogP contribution in [0.5, 0.6) is 0 Å². The van der Waals surface area contributed by atoms with E-state index in [1.807, 2.05) is 43.3 Å². The molecular weight excluding hydrogens is 465 g/mol. The molecule has 0 fully saturated rings. The molecule has 4 rings (SSSR count). The largest absolute Gasteiger partial charge is 0.305 e. The van der Waals surface area contributed by atoms with Crippen molar-refractivity contribution in [2.24, 2.45) is 0 Å². The summed E-state index contributed by atoms with van der Waals surface area (Å²) in [5.74, 6) is -0.735. The predicted octanol–water partition coefficient (Wildman–Crippen LogP) is 6.69. The van der Waals surface area contributed by atoms with E-state index in [2.05, 4.69) is 6.07 Å². The predicted molar refractivity (Wildman–Crippen MR) is 135 cm³/mol. The van der Waals surface area contributed by atoms with E-state index in [-0.39, 0.29) is 30.3 Å². The highest BCUT2D eigenvalue weighted by Gasteiger charge is 2.40. The van der Waals surface area contributed by atoms with Crippen molar-refractivity contribution in [1.82, 2.24) is 0 Å². The van der Waals surface area contributed by atoms with Crippen LogP contribution < -0.4 is 9.80 Å². The summed E-state index contributed by atoms with van der Waals surface area (Å²) in [4.78, 5) is 30.3. The fourth-order valence-corrected chi connectivity index (χ4v) is 4.80. The van der Waals surface area contributed by atoms with Crippen molar-refractivity contribution in [3.63, 3.8) is 0 Å². The Morgan fingerprint density at radius 2 is 1.77 bits per heavy atom. The van der Waals surface area contributed by atoms with Crippen molar-refractivity contribution in [3.05, 3.63) is 94.8 Å². The number of hydrogen-bond acceptors (Lipinski definition) is 3. The molecule has 178 valence electrons. The Balaban J connectivity index is 1.83. The third-order valence-electron chi connectivity index (χ3n) is 6.30. The average Bonchev–Trinajstić information content (AvgIpc) is 2.88. The van der Waals surface area contributed by atoms with Gasteiger partial charge in [0.25, 0.3) is 5.91 Å². The van der Waals surface area contributed by atoms with Crippen LogP contribution in [-0.4, -0.2) is 17.9 Å². The molecule has 2 amide bonds. The van der Waals surface area contributed by atoms with Gasteiger partial charge in [-0.05, 0) is 73.0 Å². The number of nitriles is 1. The molecule has 0 saturated carbocycles. The molecule has 1 aliphatic rings. The van der Waals surface area contributed by atoms with Gasteiger partial charge in [0.2, 0.25) is 5.91 Å². The maximum atomic E-state index is 13.6. The maximum absolute atomic E-state index is 13.6. The molecule has 7 heteroatoms. The normalized spacial score (nSPS) is 16.8. The highest BCUT2D eigenvalue weighted by atomic mass is 35.5. The third-order valence-corrected chi connectivity index (χ3v) is 6.55. The second-order valence-electron chi connectivity index (χ2n) is 8.44. The van der Waals surface area contributed by atoms with E-state index >= 15 is 0 Å². The fourth-order valence-electron chi connectivity index (χ4n) is 4.67. The summed E-state index contributed by atoms with van der Waals surface area (Å²) in [6.45, 7) is 1.82. The van der Waals surface area contributed by atoms with Crippen molar-refractivity contribution in [2.75, 3.05) is 9.80 Å². The Bertz CT molecular complexity index is 1250.